The summed E-state index contributed by atoms with van der Waals surface area (Å²) in [4.78, 5) is 16.2. The molecule has 1 fully saturated rings. The van der Waals surface area contributed by atoms with Crippen molar-refractivity contribution in [3.63, 3.8) is 0 Å². The summed E-state index contributed by atoms with van der Waals surface area (Å²) in [5, 5.41) is 2.70. The fraction of sp³-hybridized carbons (Fsp3) is 0.350. The van der Waals surface area contributed by atoms with Crippen LogP contribution in [0.2, 0.25) is 0 Å². The number of piperazine rings is 1. The standard InChI is InChI=1S/C20H22F3N3O2/c1-28-18-7-5-17(6-8-18)25-9-11-26(12-10-25)19(27)24-14-15-3-2-4-16(13-15)20(21,22)23/h2-8,13H,9-12,14H2,1H3,(H,24,27). The summed E-state index contributed by atoms with van der Waals surface area (Å²) in [5.74, 6) is 0.788. The number of methoxy groups -OCH3 is 1. The van der Waals surface area contributed by atoms with E-state index in [-0.39, 0.29) is 12.6 Å². The highest BCUT2D eigenvalue weighted by molar-refractivity contribution is 5.74. The minimum absolute atomic E-state index is 0.0570. The number of benzene rings is 2. The van der Waals surface area contributed by atoms with Crippen molar-refractivity contribution in [1.82, 2.24) is 10.2 Å². The van der Waals surface area contributed by atoms with Crippen molar-refractivity contribution in [2.24, 2.45) is 0 Å². The molecular formula is C20H22F3N3O2. The summed E-state index contributed by atoms with van der Waals surface area (Å²) in [6.07, 6.45) is -4.39. The Morgan fingerprint density at radius 1 is 1.07 bits per heavy atom. The van der Waals surface area contributed by atoms with Gasteiger partial charge in [-0.2, -0.15) is 13.2 Å². The van der Waals surface area contributed by atoms with Crippen LogP contribution in [0.1, 0.15) is 11.1 Å². The quantitative estimate of drug-likeness (QED) is 0.861. The Balaban J connectivity index is 1.50. The fourth-order valence-electron chi connectivity index (χ4n) is 3.11. The Bertz CT molecular complexity index is 801. The highest BCUT2D eigenvalue weighted by Crippen LogP contribution is 2.29. The molecule has 150 valence electrons. The van der Waals surface area contributed by atoms with Crippen molar-refractivity contribution in [2.45, 2.75) is 12.7 Å². The molecule has 5 nitrogen and oxygen atoms in total. The first-order chi connectivity index (χ1) is 13.4. The van der Waals surface area contributed by atoms with Crippen molar-refractivity contribution < 1.29 is 22.7 Å². The van der Waals surface area contributed by atoms with Crippen LogP contribution in [0.3, 0.4) is 0 Å². The molecule has 0 aliphatic carbocycles. The lowest BCUT2D eigenvalue weighted by molar-refractivity contribution is -0.137. The Morgan fingerprint density at radius 2 is 1.75 bits per heavy atom. The summed E-state index contributed by atoms with van der Waals surface area (Å²) >= 11 is 0. The lowest BCUT2D eigenvalue weighted by Gasteiger charge is -2.36. The number of halogens is 3. The van der Waals surface area contributed by atoms with E-state index in [2.05, 4.69) is 10.2 Å². The van der Waals surface area contributed by atoms with E-state index in [4.69, 9.17) is 4.74 Å². The van der Waals surface area contributed by atoms with Gasteiger partial charge in [0.1, 0.15) is 5.75 Å². The number of hydrogen-bond acceptors (Lipinski definition) is 3. The van der Waals surface area contributed by atoms with Gasteiger partial charge in [-0.15, -0.1) is 0 Å². The van der Waals surface area contributed by atoms with Gasteiger partial charge in [0.25, 0.3) is 0 Å². The third-order valence-corrected chi connectivity index (χ3v) is 4.70. The lowest BCUT2D eigenvalue weighted by Crippen LogP contribution is -2.51. The number of anilines is 1. The average Bonchev–Trinajstić information content (AvgIpc) is 2.72. The molecule has 2 aromatic carbocycles. The largest absolute Gasteiger partial charge is 0.497 e. The second kappa shape index (κ2) is 8.41. The molecule has 1 aliphatic heterocycles. The molecule has 0 radical (unpaired) electrons. The molecule has 1 aliphatic rings. The van der Waals surface area contributed by atoms with E-state index in [9.17, 15) is 18.0 Å². The van der Waals surface area contributed by atoms with Gasteiger partial charge in [0.2, 0.25) is 0 Å². The predicted octanol–water partition coefficient (Wildman–Crippen LogP) is 3.75. The molecule has 1 saturated heterocycles. The molecule has 3 rings (SSSR count). The predicted molar refractivity (Wildman–Crippen MR) is 100 cm³/mol. The van der Waals surface area contributed by atoms with E-state index in [0.717, 1.165) is 23.6 Å². The van der Waals surface area contributed by atoms with Gasteiger partial charge < -0.3 is 19.9 Å². The minimum atomic E-state index is -4.39. The van der Waals surface area contributed by atoms with Crippen LogP contribution in [0, 0.1) is 0 Å². The van der Waals surface area contributed by atoms with E-state index in [0.29, 0.717) is 31.7 Å². The zero-order chi connectivity index (χ0) is 20.1. The van der Waals surface area contributed by atoms with Gasteiger partial charge in [-0.25, -0.2) is 4.79 Å². The molecule has 8 heteroatoms. The molecule has 28 heavy (non-hydrogen) atoms. The van der Waals surface area contributed by atoms with Crippen molar-refractivity contribution in [1.29, 1.82) is 0 Å². The molecular weight excluding hydrogens is 371 g/mol. The number of urea groups is 1. The van der Waals surface area contributed by atoms with Crippen LogP contribution in [0.25, 0.3) is 0 Å². The Hall–Kier alpha value is -2.90. The summed E-state index contributed by atoms with van der Waals surface area (Å²) in [6.45, 7) is 2.51. The zero-order valence-electron chi connectivity index (χ0n) is 15.5. The van der Waals surface area contributed by atoms with Gasteiger partial charge in [-0.05, 0) is 42.0 Å². The first-order valence-corrected chi connectivity index (χ1v) is 8.95. The molecule has 2 amide bonds. The van der Waals surface area contributed by atoms with Crippen LogP contribution < -0.4 is 15.0 Å². The smallest absolute Gasteiger partial charge is 0.416 e. The lowest BCUT2D eigenvalue weighted by atomic mass is 10.1. The maximum atomic E-state index is 12.8. The van der Waals surface area contributed by atoms with Crippen molar-refractivity contribution in [3.8, 4) is 5.75 Å². The molecule has 1 N–H and O–H groups in total. The molecule has 0 saturated carbocycles. The van der Waals surface area contributed by atoms with Gasteiger partial charge in [0.15, 0.2) is 0 Å². The van der Waals surface area contributed by atoms with Crippen LogP contribution in [0.5, 0.6) is 5.75 Å². The number of alkyl halides is 3. The molecule has 0 aromatic heterocycles. The van der Waals surface area contributed by atoms with Crippen molar-refractivity contribution in [2.75, 3.05) is 38.2 Å². The van der Waals surface area contributed by atoms with Crippen LogP contribution in [-0.2, 0) is 12.7 Å². The summed E-state index contributed by atoms with van der Waals surface area (Å²) in [7, 11) is 1.62. The maximum Gasteiger partial charge on any atom is 0.416 e. The Labute approximate surface area is 161 Å². The fourth-order valence-corrected chi connectivity index (χ4v) is 3.11. The van der Waals surface area contributed by atoms with Gasteiger partial charge in [-0.1, -0.05) is 12.1 Å². The molecule has 2 aromatic rings. The number of carbonyl (C=O) groups excluding carboxylic acids is 1. The van der Waals surface area contributed by atoms with Crippen LogP contribution in [-0.4, -0.2) is 44.2 Å². The van der Waals surface area contributed by atoms with E-state index in [1.807, 2.05) is 24.3 Å². The third-order valence-electron chi connectivity index (χ3n) is 4.70. The number of hydrogen-bond donors (Lipinski definition) is 1. The summed E-state index contributed by atoms with van der Waals surface area (Å²) in [6, 6.07) is 12.4. The maximum absolute atomic E-state index is 12.8. The first-order valence-electron chi connectivity index (χ1n) is 8.95. The topological polar surface area (TPSA) is 44.8 Å². The van der Waals surface area contributed by atoms with E-state index >= 15 is 0 Å². The van der Waals surface area contributed by atoms with Crippen LogP contribution in [0.15, 0.2) is 48.5 Å². The first kappa shape index (κ1) is 19.9. The van der Waals surface area contributed by atoms with Crippen LogP contribution in [0.4, 0.5) is 23.7 Å². The van der Waals surface area contributed by atoms with Gasteiger partial charge in [-0.3, -0.25) is 0 Å². The minimum Gasteiger partial charge on any atom is -0.497 e. The molecule has 0 unspecified atom stereocenters. The number of rotatable bonds is 4. The Kier molecular flexibility index (Phi) is 5.96. The number of ether oxygens (including phenoxy) is 1. The summed E-state index contributed by atoms with van der Waals surface area (Å²) in [5.41, 5.74) is 0.761. The number of amides is 2. The second-order valence-electron chi connectivity index (χ2n) is 6.53. The van der Waals surface area contributed by atoms with Crippen molar-refractivity contribution >= 4 is 11.7 Å². The SMILES string of the molecule is COc1ccc(N2CCN(C(=O)NCc3cccc(C(F)(F)F)c3)CC2)cc1. The van der Waals surface area contributed by atoms with Gasteiger partial charge in [0.05, 0.1) is 12.7 Å². The monoisotopic (exact) mass is 393 g/mol. The molecule has 0 atom stereocenters. The van der Waals surface area contributed by atoms with E-state index < -0.39 is 11.7 Å². The van der Waals surface area contributed by atoms with E-state index in [1.165, 1.54) is 6.07 Å². The Morgan fingerprint density at radius 3 is 2.36 bits per heavy atom. The second-order valence-corrected chi connectivity index (χ2v) is 6.53. The number of nitrogens with zero attached hydrogens (tertiary/aromatic N) is 2. The van der Waals surface area contributed by atoms with Gasteiger partial charge >= 0.3 is 12.2 Å². The average molecular weight is 393 g/mol. The number of carbonyl (C=O) groups is 1. The summed E-state index contributed by atoms with van der Waals surface area (Å²) < 4.78 is 43.5. The van der Waals surface area contributed by atoms with Crippen LogP contribution >= 0.6 is 0 Å². The zero-order valence-corrected chi connectivity index (χ0v) is 15.5. The molecule has 1 heterocycles. The molecule has 0 spiro atoms. The van der Waals surface area contributed by atoms with E-state index in [1.54, 1.807) is 18.1 Å². The third kappa shape index (κ3) is 4.88. The van der Waals surface area contributed by atoms with Crippen molar-refractivity contribution in [3.05, 3.63) is 59.7 Å². The highest BCUT2D eigenvalue weighted by atomic mass is 19.4. The molecule has 0 bridgehead atoms. The highest BCUT2D eigenvalue weighted by Gasteiger charge is 2.30. The van der Waals surface area contributed by atoms with Gasteiger partial charge in [0, 0.05) is 38.4 Å². The number of nitrogens with one attached hydrogen (secondary N) is 1. The normalized spacial score (nSPS) is 14.7.